The Morgan fingerprint density at radius 1 is 1.32 bits per heavy atom. The van der Waals surface area contributed by atoms with E-state index >= 15 is 0 Å². The van der Waals surface area contributed by atoms with Crippen molar-refractivity contribution in [2.24, 2.45) is 5.92 Å². The number of alkyl halides is 3. The molecule has 0 spiro atoms. The predicted octanol–water partition coefficient (Wildman–Crippen LogP) is 1.95. The molecule has 1 aliphatic heterocycles. The van der Waals surface area contributed by atoms with Gasteiger partial charge in [0.15, 0.2) is 0 Å². The van der Waals surface area contributed by atoms with Crippen LogP contribution in [-0.2, 0) is 15.8 Å². The molecular formula is C14H11F4N5O2. The first-order valence-electron chi connectivity index (χ1n) is 7.11. The Morgan fingerprint density at radius 2 is 2.04 bits per heavy atom. The molecule has 0 unspecified atom stereocenters. The van der Waals surface area contributed by atoms with E-state index in [0.717, 1.165) is 4.90 Å². The van der Waals surface area contributed by atoms with E-state index in [2.05, 4.69) is 15.4 Å². The summed E-state index contributed by atoms with van der Waals surface area (Å²) in [5, 5.41) is 7.04. The number of anilines is 2. The molecule has 0 aliphatic carbocycles. The topological polar surface area (TPSA) is 91.0 Å². The summed E-state index contributed by atoms with van der Waals surface area (Å²) in [5.74, 6) is -4.55. The van der Waals surface area contributed by atoms with Gasteiger partial charge in [-0.2, -0.15) is 18.2 Å². The van der Waals surface area contributed by atoms with Crippen molar-refractivity contribution in [3.8, 4) is 0 Å². The monoisotopic (exact) mass is 357 g/mol. The van der Waals surface area contributed by atoms with Crippen LogP contribution in [0.15, 0.2) is 24.3 Å². The lowest BCUT2D eigenvalue weighted by molar-refractivity contribution is -0.144. The van der Waals surface area contributed by atoms with Gasteiger partial charge in [0.1, 0.15) is 5.82 Å². The molecule has 2 N–H and O–H groups in total. The number of aromatic nitrogens is 3. The second kappa shape index (κ2) is 6.15. The van der Waals surface area contributed by atoms with Crippen LogP contribution < -0.4 is 10.2 Å². The summed E-state index contributed by atoms with van der Waals surface area (Å²) in [6.45, 7) is -0.0951. The van der Waals surface area contributed by atoms with Gasteiger partial charge in [-0.25, -0.2) is 4.39 Å². The average Bonchev–Trinajstić information content (AvgIpc) is 3.14. The Bertz CT molecular complexity index is 820. The van der Waals surface area contributed by atoms with Crippen LogP contribution in [0.2, 0.25) is 0 Å². The molecule has 1 aromatic heterocycles. The number of aromatic amines is 1. The molecule has 2 aromatic rings. The lowest BCUT2D eigenvalue weighted by Crippen LogP contribution is -2.29. The summed E-state index contributed by atoms with van der Waals surface area (Å²) < 4.78 is 51.1. The van der Waals surface area contributed by atoms with Crippen LogP contribution in [-0.4, -0.2) is 33.5 Å². The summed E-state index contributed by atoms with van der Waals surface area (Å²) in [7, 11) is 0. The molecule has 2 heterocycles. The van der Waals surface area contributed by atoms with E-state index in [9.17, 15) is 27.2 Å². The summed E-state index contributed by atoms with van der Waals surface area (Å²) in [5.41, 5.74) is 0.0417. The van der Waals surface area contributed by atoms with Gasteiger partial charge in [-0.1, -0.05) is 12.1 Å². The largest absolute Gasteiger partial charge is 0.451 e. The van der Waals surface area contributed by atoms with Gasteiger partial charge in [0, 0.05) is 13.0 Å². The number of carbonyl (C=O) groups is 2. The lowest BCUT2D eigenvalue weighted by Gasteiger charge is -2.17. The van der Waals surface area contributed by atoms with E-state index in [-0.39, 0.29) is 18.7 Å². The summed E-state index contributed by atoms with van der Waals surface area (Å²) in [4.78, 5) is 28.4. The molecule has 1 fully saturated rings. The van der Waals surface area contributed by atoms with E-state index in [1.807, 2.05) is 0 Å². The number of H-pyrrole nitrogens is 1. The molecule has 0 saturated carbocycles. The number of hydrogen-bond donors (Lipinski definition) is 2. The fourth-order valence-electron chi connectivity index (χ4n) is 2.44. The highest BCUT2D eigenvalue weighted by Crippen LogP contribution is 2.29. The van der Waals surface area contributed by atoms with Gasteiger partial charge in [0.05, 0.1) is 11.6 Å². The first-order valence-corrected chi connectivity index (χ1v) is 7.11. The number of amides is 2. The molecule has 1 aromatic carbocycles. The highest BCUT2D eigenvalue weighted by Gasteiger charge is 2.38. The van der Waals surface area contributed by atoms with E-state index in [1.54, 1.807) is 11.2 Å². The van der Waals surface area contributed by atoms with E-state index < -0.39 is 41.5 Å². The third-order valence-electron chi connectivity index (χ3n) is 3.63. The predicted molar refractivity (Wildman–Crippen MR) is 76.9 cm³/mol. The molecular weight excluding hydrogens is 346 g/mol. The number of benzene rings is 1. The van der Waals surface area contributed by atoms with Gasteiger partial charge in [-0.15, -0.1) is 5.10 Å². The zero-order valence-electron chi connectivity index (χ0n) is 12.5. The van der Waals surface area contributed by atoms with Crippen molar-refractivity contribution in [1.82, 2.24) is 15.2 Å². The molecule has 0 bridgehead atoms. The maximum Gasteiger partial charge on any atom is 0.451 e. The van der Waals surface area contributed by atoms with Crippen molar-refractivity contribution >= 4 is 23.5 Å². The first kappa shape index (κ1) is 16.9. The van der Waals surface area contributed by atoms with Crippen molar-refractivity contribution in [1.29, 1.82) is 0 Å². The Morgan fingerprint density at radius 3 is 2.68 bits per heavy atom. The minimum Gasteiger partial charge on any atom is -0.309 e. The van der Waals surface area contributed by atoms with Gasteiger partial charge in [-0.3, -0.25) is 20.0 Å². The number of nitrogens with zero attached hydrogens (tertiary/aromatic N) is 3. The van der Waals surface area contributed by atoms with Crippen molar-refractivity contribution in [2.75, 3.05) is 16.8 Å². The zero-order valence-corrected chi connectivity index (χ0v) is 12.5. The normalized spacial score (nSPS) is 17.8. The van der Waals surface area contributed by atoms with Crippen molar-refractivity contribution < 1.29 is 27.2 Å². The van der Waals surface area contributed by atoms with Crippen LogP contribution in [0.4, 0.5) is 29.2 Å². The molecule has 3 rings (SSSR count). The fourth-order valence-corrected chi connectivity index (χ4v) is 2.44. The van der Waals surface area contributed by atoms with Gasteiger partial charge >= 0.3 is 6.18 Å². The molecule has 1 aliphatic rings. The highest BCUT2D eigenvalue weighted by molar-refractivity contribution is 6.03. The second-order valence-electron chi connectivity index (χ2n) is 5.35. The lowest BCUT2D eigenvalue weighted by atomic mass is 10.1. The molecule has 2 amide bonds. The number of hydrogen-bond acceptors (Lipinski definition) is 4. The Hall–Kier alpha value is -2.98. The molecule has 11 heteroatoms. The quantitative estimate of drug-likeness (QED) is 0.822. The van der Waals surface area contributed by atoms with E-state index in [1.165, 1.54) is 18.2 Å². The average molecular weight is 357 g/mol. The minimum atomic E-state index is -4.72. The number of rotatable bonds is 3. The second-order valence-corrected chi connectivity index (χ2v) is 5.35. The Labute approximate surface area is 138 Å². The third-order valence-corrected chi connectivity index (χ3v) is 3.63. The van der Waals surface area contributed by atoms with Crippen molar-refractivity contribution in [3.63, 3.8) is 0 Å². The molecule has 1 saturated heterocycles. The van der Waals surface area contributed by atoms with Crippen molar-refractivity contribution in [2.45, 2.75) is 12.6 Å². The standard InChI is InChI=1S/C14H11F4N5O2/c15-8-3-1-2-4-9(8)23-6-7(5-10(23)24)11(25)19-13-20-12(21-22-13)14(16,17)18/h1-4,7H,5-6H2,(H2,19,20,21,22,25)/t7-/m0/s1. The van der Waals surface area contributed by atoms with Gasteiger partial charge < -0.3 is 4.90 Å². The maximum absolute atomic E-state index is 13.8. The van der Waals surface area contributed by atoms with Crippen LogP contribution in [0.1, 0.15) is 12.2 Å². The maximum atomic E-state index is 13.8. The van der Waals surface area contributed by atoms with Gasteiger partial charge in [0.2, 0.25) is 23.6 Å². The number of carbonyl (C=O) groups excluding carboxylic acids is 2. The summed E-state index contributed by atoms with van der Waals surface area (Å²) in [6.07, 6.45) is -4.92. The summed E-state index contributed by atoms with van der Waals surface area (Å²) in [6, 6.07) is 5.59. The number of nitrogens with one attached hydrogen (secondary N) is 2. The van der Waals surface area contributed by atoms with Gasteiger partial charge in [-0.05, 0) is 12.1 Å². The number of para-hydroxylation sites is 1. The van der Waals surface area contributed by atoms with E-state index in [4.69, 9.17) is 0 Å². The molecule has 0 radical (unpaired) electrons. The Balaban J connectivity index is 1.69. The molecule has 1 atom stereocenters. The Kier molecular flexibility index (Phi) is 4.15. The van der Waals surface area contributed by atoms with Crippen LogP contribution in [0.5, 0.6) is 0 Å². The van der Waals surface area contributed by atoms with Crippen LogP contribution in [0.3, 0.4) is 0 Å². The SMILES string of the molecule is O=C(Nc1n[nH]c(C(F)(F)F)n1)[C@H]1CC(=O)N(c2ccccc2F)C1. The minimum absolute atomic E-state index is 0.0417. The molecule has 25 heavy (non-hydrogen) atoms. The van der Waals surface area contributed by atoms with Crippen LogP contribution in [0, 0.1) is 11.7 Å². The van der Waals surface area contributed by atoms with Gasteiger partial charge in [0.25, 0.3) is 0 Å². The highest BCUT2D eigenvalue weighted by atomic mass is 19.4. The smallest absolute Gasteiger partial charge is 0.309 e. The van der Waals surface area contributed by atoms with Crippen LogP contribution in [0.25, 0.3) is 0 Å². The summed E-state index contributed by atoms with van der Waals surface area (Å²) >= 11 is 0. The van der Waals surface area contributed by atoms with Crippen LogP contribution >= 0.6 is 0 Å². The third kappa shape index (κ3) is 3.44. The zero-order chi connectivity index (χ0) is 18.2. The van der Waals surface area contributed by atoms with E-state index in [0.29, 0.717) is 0 Å². The molecule has 7 nitrogen and oxygen atoms in total. The molecule has 132 valence electrons. The number of halogens is 4. The first-order chi connectivity index (χ1) is 11.8. The fraction of sp³-hybridized carbons (Fsp3) is 0.286. The van der Waals surface area contributed by atoms with Crippen molar-refractivity contribution in [3.05, 3.63) is 35.9 Å².